The molecule has 0 radical (unpaired) electrons. The monoisotopic (exact) mass is 396 g/mol. The van der Waals surface area contributed by atoms with E-state index in [1.54, 1.807) is 7.11 Å². The van der Waals surface area contributed by atoms with Crippen molar-refractivity contribution in [3.63, 3.8) is 0 Å². The fourth-order valence-corrected chi connectivity index (χ4v) is 3.17. The second-order valence-electron chi connectivity index (χ2n) is 6.30. The lowest BCUT2D eigenvalue weighted by Gasteiger charge is -2.22. The normalized spacial score (nSPS) is 16.9. The van der Waals surface area contributed by atoms with Crippen molar-refractivity contribution in [1.82, 2.24) is 20.0 Å². The molecule has 1 saturated heterocycles. The van der Waals surface area contributed by atoms with Gasteiger partial charge >= 0.3 is 0 Å². The first kappa shape index (κ1) is 19.5. The zero-order valence-corrected chi connectivity index (χ0v) is 15.9. The van der Waals surface area contributed by atoms with Gasteiger partial charge in [-0.25, -0.2) is 4.98 Å². The van der Waals surface area contributed by atoms with Gasteiger partial charge < -0.3 is 14.2 Å². The van der Waals surface area contributed by atoms with Gasteiger partial charge in [-0.15, -0.1) is 0 Å². The van der Waals surface area contributed by atoms with Crippen molar-refractivity contribution in [3.8, 4) is 0 Å². The van der Waals surface area contributed by atoms with Crippen molar-refractivity contribution in [2.24, 2.45) is 0 Å². The number of methoxy groups -OCH3 is 1. The summed E-state index contributed by atoms with van der Waals surface area (Å²) in [6.07, 6.45) is 1.92. The van der Waals surface area contributed by atoms with Crippen molar-refractivity contribution in [2.75, 3.05) is 38.2 Å². The molecule has 146 valence electrons. The maximum absolute atomic E-state index is 10.8. The molecule has 11 heteroatoms. The highest BCUT2D eigenvalue weighted by Crippen LogP contribution is 2.28. The molecule has 0 aromatic carbocycles. The van der Waals surface area contributed by atoms with Gasteiger partial charge in [0.25, 0.3) is 5.69 Å². The minimum Gasteiger partial charge on any atom is -0.374 e. The van der Waals surface area contributed by atoms with E-state index in [9.17, 15) is 10.1 Å². The third-order valence-corrected chi connectivity index (χ3v) is 4.74. The zero-order valence-electron chi connectivity index (χ0n) is 15.2. The van der Waals surface area contributed by atoms with Gasteiger partial charge in [0, 0.05) is 39.4 Å². The number of rotatable bonds is 6. The lowest BCUT2D eigenvalue weighted by atomic mass is 10.3. The number of pyridine rings is 1. The van der Waals surface area contributed by atoms with Gasteiger partial charge in [0.15, 0.2) is 5.82 Å². The average molecular weight is 397 g/mol. The van der Waals surface area contributed by atoms with Gasteiger partial charge in [-0.2, -0.15) is 4.98 Å². The Morgan fingerprint density at radius 2 is 2.22 bits per heavy atom. The van der Waals surface area contributed by atoms with Crippen LogP contribution >= 0.6 is 11.6 Å². The second kappa shape index (κ2) is 8.59. The molecule has 0 bridgehead atoms. The van der Waals surface area contributed by atoms with Crippen molar-refractivity contribution in [3.05, 3.63) is 39.1 Å². The molecule has 10 nitrogen and oxygen atoms in total. The minimum atomic E-state index is -0.504. The molecule has 1 aliphatic heterocycles. The predicted molar refractivity (Wildman–Crippen MR) is 97.7 cm³/mol. The summed E-state index contributed by atoms with van der Waals surface area (Å²) in [5.74, 6) is 1.65. The SMILES string of the molecule is COC(C)c1noc(CN2CCCN(c3ncc([N+](=O)[O-])cc3Cl)CC2)n1. The summed E-state index contributed by atoms with van der Waals surface area (Å²) in [5.41, 5.74) is -0.113. The number of aromatic nitrogens is 3. The van der Waals surface area contributed by atoms with Crippen molar-refractivity contribution in [2.45, 2.75) is 26.0 Å². The van der Waals surface area contributed by atoms with E-state index < -0.39 is 4.92 Å². The van der Waals surface area contributed by atoms with Crippen LogP contribution in [0, 0.1) is 10.1 Å². The first-order valence-corrected chi connectivity index (χ1v) is 8.98. The van der Waals surface area contributed by atoms with Crippen LogP contribution in [0.1, 0.15) is 31.2 Å². The number of halogens is 1. The first-order chi connectivity index (χ1) is 13.0. The van der Waals surface area contributed by atoms with E-state index in [2.05, 4.69) is 20.0 Å². The molecule has 0 saturated carbocycles. The molecule has 0 aliphatic carbocycles. The Bertz CT molecular complexity index is 801. The van der Waals surface area contributed by atoms with E-state index >= 15 is 0 Å². The van der Waals surface area contributed by atoms with Crippen LogP contribution in [0.4, 0.5) is 11.5 Å². The number of hydrogen-bond acceptors (Lipinski definition) is 9. The molecule has 1 aliphatic rings. The van der Waals surface area contributed by atoms with Crippen LogP contribution < -0.4 is 4.90 Å². The Hall–Kier alpha value is -2.30. The van der Waals surface area contributed by atoms with Gasteiger partial charge in [0.05, 0.1) is 16.5 Å². The van der Waals surface area contributed by atoms with Gasteiger partial charge in [-0.05, 0) is 13.3 Å². The highest BCUT2D eigenvalue weighted by Gasteiger charge is 2.22. The minimum absolute atomic E-state index is 0.113. The number of hydrogen-bond donors (Lipinski definition) is 0. The van der Waals surface area contributed by atoms with E-state index in [0.717, 1.165) is 26.1 Å². The van der Waals surface area contributed by atoms with Crippen molar-refractivity contribution >= 4 is 23.1 Å². The molecule has 3 rings (SSSR count). The Kier molecular flexibility index (Phi) is 6.19. The summed E-state index contributed by atoms with van der Waals surface area (Å²) >= 11 is 6.21. The highest BCUT2D eigenvalue weighted by atomic mass is 35.5. The molecular weight excluding hydrogens is 376 g/mol. The number of anilines is 1. The maximum Gasteiger partial charge on any atom is 0.289 e. The summed E-state index contributed by atoms with van der Waals surface area (Å²) in [6, 6.07) is 1.34. The summed E-state index contributed by atoms with van der Waals surface area (Å²) in [7, 11) is 1.60. The van der Waals surface area contributed by atoms with E-state index in [1.165, 1.54) is 12.3 Å². The van der Waals surface area contributed by atoms with Gasteiger partial charge in [0.2, 0.25) is 5.89 Å². The molecule has 3 heterocycles. The number of nitrogens with zero attached hydrogens (tertiary/aromatic N) is 6. The summed E-state index contributed by atoms with van der Waals surface area (Å²) in [4.78, 5) is 23.1. The smallest absolute Gasteiger partial charge is 0.289 e. The van der Waals surface area contributed by atoms with Gasteiger partial charge in [0.1, 0.15) is 18.1 Å². The van der Waals surface area contributed by atoms with E-state index in [-0.39, 0.29) is 16.8 Å². The topological polar surface area (TPSA) is 111 Å². The number of ether oxygens (including phenoxy) is 1. The molecule has 0 N–H and O–H groups in total. The summed E-state index contributed by atoms with van der Waals surface area (Å²) in [6.45, 7) is 5.49. The standard InChI is InChI=1S/C16H21ClN6O4/c1-11(26-2)15-19-14(27-20-15)10-21-4-3-5-22(7-6-21)16-13(17)8-12(9-18-16)23(24)25/h8-9,11H,3-7,10H2,1-2H3. The van der Waals surface area contributed by atoms with Gasteiger partial charge in [-0.3, -0.25) is 15.0 Å². The van der Waals surface area contributed by atoms with Crippen LogP contribution in [0.5, 0.6) is 0 Å². The first-order valence-electron chi connectivity index (χ1n) is 8.60. The van der Waals surface area contributed by atoms with E-state index in [4.69, 9.17) is 20.9 Å². The predicted octanol–water partition coefficient (Wildman–Crippen LogP) is 2.45. The fourth-order valence-electron chi connectivity index (χ4n) is 2.89. The van der Waals surface area contributed by atoms with Crippen LogP contribution in [0.15, 0.2) is 16.8 Å². The molecule has 1 fully saturated rings. The molecule has 2 aromatic heterocycles. The highest BCUT2D eigenvalue weighted by molar-refractivity contribution is 6.33. The maximum atomic E-state index is 10.8. The summed E-state index contributed by atoms with van der Waals surface area (Å²) in [5, 5.41) is 15.1. The van der Waals surface area contributed by atoms with E-state index in [0.29, 0.717) is 30.6 Å². The van der Waals surface area contributed by atoms with Crippen LogP contribution in [-0.4, -0.2) is 58.2 Å². The molecule has 1 unspecified atom stereocenters. The van der Waals surface area contributed by atoms with Crippen LogP contribution in [0.3, 0.4) is 0 Å². The Morgan fingerprint density at radius 3 is 2.93 bits per heavy atom. The quantitative estimate of drug-likeness (QED) is 0.536. The van der Waals surface area contributed by atoms with Crippen molar-refractivity contribution in [1.29, 1.82) is 0 Å². The van der Waals surface area contributed by atoms with E-state index in [1.807, 2.05) is 11.8 Å². The number of nitro groups is 1. The second-order valence-corrected chi connectivity index (χ2v) is 6.70. The Balaban J connectivity index is 1.62. The zero-order chi connectivity index (χ0) is 19.4. The molecule has 0 amide bonds. The Morgan fingerprint density at radius 1 is 1.41 bits per heavy atom. The lowest BCUT2D eigenvalue weighted by molar-refractivity contribution is -0.385. The van der Waals surface area contributed by atoms with Crippen LogP contribution in [0.2, 0.25) is 5.02 Å². The average Bonchev–Trinajstić information content (AvgIpc) is 3.00. The third kappa shape index (κ3) is 4.71. The molecule has 27 heavy (non-hydrogen) atoms. The molecule has 2 aromatic rings. The largest absolute Gasteiger partial charge is 0.374 e. The van der Waals surface area contributed by atoms with Crippen LogP contribution in [-0.2, 0) is 11.3 Å². The Labute approximate surface area is 161 Å². The molecule has 0 spiro atoms. The summed E-state index contributed by atoms with van der Waals surface area (Å²) < 4.78 is 10.5. The third-order valence-electron chi connectivity index (χ3n) is 4.47. The van der Waals surface area contributed by atoms with Crippen molar-refractivity contribution < 1.29 is 14.2 Å². The molecular formula is C16H21ClN6O4. The van der Waals surface area contributed by atoms with Gasteiger partial charge in [-0.1, -0.05) is 16.8 Å². The lowest BCUT2D eigenvalue weighted by Crippen LogP contribution is -2.31. The van der Waals surface area contributed by atoms with Crippen LogP contribution in [0.25, 0.3) is 0 Å². The fraction of sp³-hybridized carbons (Fsp3) is 0.562. The molecule has 1 atom stereocenters.